The Kier molecular flexibility index (Phi) is 5.35. The van der Waals surface area contributed by atoms with Gasteiger partial charge in [-0.1, -0.05) is 0 Å². The highest BCUT2D eigenvalue weighted by atomic mass is 16.5. The number of hydrogen-bond donors (Lipinski definition) is 1. The number of methoxy groups -OCH3 is 1. The van der Waals surface area contributed by atoms with E-state index in [1.165, 1.54) is 32.4 Å². The lowest BCUT2D eigenvalue weighted by Crippen LogP contribution is -2.30. The molecule has 0 aliphatic carbocycles. The summed E-state index contributed by atoms with van der Waals surface area (Å²) in [4.78, 5) is 2.34. The average Bonchev–Trinajstić information content (AvgIpc) is 2.64. The van der Waals surface area contributed by atoms with E-state index in [4.69, 9.17) is 4.74 Å². The van der Waals surface area contributed by atoms with Crippen molar-refractivity contribution in [3.8, 4) is 0 Å². The van der Waals surface area contributed by atoms with Gasteiger partial charge in [-0.05, 0) is 39.4 Å². The molecule has 0 aromatic carbocycles. The van der Waals surface area contributed by atoms with E-state index in [-0.39, 0.29) is 0 Å². The van der Waals surface area contributed by atoms with Gasteiger partial charge in [0, 0.05) is 19.7 Å². The van der Waals surface area contributed by atoms with Gasteiger partial charge in [0.25, 0.3) is 0 Å². The van der Waals surface area contributed by atoms with Gasteiger partial charge in [-0.25, -0.2) is 0 Å². The van der Waals surface area contributed by atoms with Gasteiger partial charge < -0.3 is 15.0 Å². The molecular weight excluding hydrogens is 164 g/mol. The van der Waals surface area contributed by atoms with Crippen LogP contribution < -0.4 is 5.32 Å². The van der Waals surface area contributed by atoms with Gasteiger partial charge in [-0.15, -0.1) is 0 Å². The molecule has 1 heterocycles. The largest absolute Gasteiger partial charge is 0.383 e. The molecule has 0 amide bonds. The topological polar surface area (TPSA) is 24.5 Å². The minimum Gasteiger partial charge on any atom is -0.383 e. The van der Waals surface area contributed by atoms with Crippen LogP contribution in [0.2, 0.25) is 0 Å². The Labute approximate surface area is 81.4 Å². The summed E-state index contributed by atoms with van der Waals surface area (Å²) in [6, 6.07) is 0.769. The van der Waals surface area contributed by atoms with E-state index < -0.39 is 0 Å². The van der Waals surface area contributed by atoms with Crippen LogP contribution >= 0.6 is 0 Å². The molecule has 78 valence electrons. The molecule has 0 saturated carbocycles. The maximum atomic E-state index is 5.03. The second kappa shape index (κ2) is 6.35. The number of hydrogen-bond acceptors (Lipinski definition) is 3. The van der Waals surface area contributed by atoms with Crippen LogP contribution in [-0.4, -0.2) is 51.3 Å². The average molecular weight is 186 g/mol. The van der Waals surface area contributed by atoms with Crippen molar-refractivity contribution in [3.63, 3.8) is 0 Å². The molecule has 3 nitrogen and oxygen atoms in total. The van der Waals surface area contributed by atoms with Crippen molar-refractivity contribution in [2.45, 2.75) is 25.3 Å². The second-order valence-electron chi connectivity index (χ2n) is 3.88. The number of ether oxygens (including phenoxy) is 1. The van der Waals surface area contributed by atoms with Gasteiger partial charge in [-0.3, -0.25) is 0 Å². The SMILES string of the molecule is COCCN(C)CCC1CCCN1. The first-order chi connectivity index (χ1) is 6.33. The zero-order chi connectivity index (χ0) is 9.52. The highest BCUT2D eigenvalue weighted by Crippen LogP contribution is 2.08. The molecule has 1 fully saturated rings. The van der Waals surface area contributed by atoms with E-state index in [9.17, 15) is 0 Å². The first-order valence-electron chi connectivity index (χ1n) is 5.24. The lowest BCUT2D eigenvalue weighted by Gasteiger charge is -2.18. The molecule has 0 radical (unpaired) electrons. The van der Waals surface area contributed by atoms with Gasteiger partial charge in [0.15, 0.2) is 0 Å². The third-order valence-electron chi connectivity index (χ3n) is 2.70. The summed E-state index contributed by atoms with van der Waals surface area (Å²) in [7, 11) is 3.92. The Hall–Kier alpha value is -0.120. The van der Waals surface area contributed by atoms with E-state index in [0.29, 0.717) is 0 Å². The fourth-order valence-electron chi connectivity index (χ4n) is 1.74. The van der Waals surface area contributed by atoms with Crippen LogP contribution in [0.4, 0.5) is 0 Å². The second-order valence-corrected chi connectivity index (χ2v) is 3.88. The third kappa shape index (κ3) is 4.60. The number of nitrogens with one attached hydrogen (secondary N) is 1. The Morgan fingerprint density at radius 1 is 1.46 bits per heavy atom. The Balaban J connectivity index is 1.97. The maximum absolute atomic E-state index is 5.03. The van der Waals surface area contributed by atoms with Crippen LogP contribution in [0.3, 0.4) is 0 Å². The van der Waals surface area contributed by atoms with Crippen molar-refractivity contribution >= 4 is 0 Å². The molecule has 0 spiro atoms. The molecule has 1 aliphatic rings. The first kappa shape index (κ1) is 11.0. The minimum absolute atomic E-state index is 0.769. The fourth-order valence-corrected chi connectivity index (χ4v) is 1.74. The standard InChI is InChI=1S/C10H22N2O/c1-12(8-9-13-2)7-5-10-4-3-6-11-10/h10-11H,3-9H2,1-2H3. The van der Waals surface area contributed by atoms with E-state index in [2.05, 4.69) is 17.3 Å². The molecule has 1 N–H and O–H groups in total. The quantitative estimate of drug-likeness (QED) is 0.661. The molecule has 1 unspecified atom stereocenters. The lowest BCUT2D eigenvalue weighted by molar-refractivity contribution is 0.159. The minimum atomic E-state index is 0.769. The summed E-state index contributed by atoms with van der Waals surface area (Å²) in [5.41, 5.74) is 0. The molecule has 1 saturated heterocycles. The lowest BCUT2D eigenvalue weighted by atomic mass is 10.1. The molecule has 3 heteroatoms. The van der Waals surface area contributed by atoms with Crippen LogP contribution in [0.25, 0.3) is 0 Å². The Morgan fingerprint density at radius 3 is 2.92 bits per heavy atom. The van der Waals surface area contributed by atoms with Crippen LogP contribution in [0.5, 0.6) is 0 Å². The summed E-state index contributed by atoms with van der Waals surface area (Å²) in [5.74, 6) is 0. The summed E-state index contributed by atoms with van der Waals surface area (Å²) in [6.07, 6.45) is 3.99. The highest BCUT2D eigenvalue weighted by molar-refractivity contribution is 4.74. The third-order valence-corrected chi connectivity index (χ3v) is 2.70. The van der Waals surface area contributed by atoms with Gasteiger partial charge >= 0.3 is 0 Å². The van der Waals surface area contributed by atoms with E-state index in [1.54, 1.807) is 7.11 Å². The Bertz CT molecular complexity index is 124. The van der Waals surface area contributed by atoms with Crippen molar-refractivity contribution < 1.29 is 4.74 Å². The fraction of sp³-hybridized carbons (Fsp3) is 1.00. The number of rotatable bonds is 6. The van der Waals surface area contributed by atoms with Gasteiger partial charge in [0.1, 0.15) is 0 Å². The van der Waals surface area contributed by atoms with Gasteiger partial charge in [0.05, 0.1) is 6.61 Å². The zero-order valence-electron chi connectivity index (χ0n) is 8.88. The van der Waals surface area contributed by atoms with E-state index >= 15 is 0 Å². The van der Waals surface area contributed by atoms with Crippen molar-refractivity contribution in [1.29, 1.82) is 0 Å². The molecule has 1 aliphatic heterocycles. The summed E-state index contributed by atoms with van der Waals surface area (Å²) >= 11 is 0. The normalized spacial score (nSPS) is 22.8. The van der Waals surface area contributed by atoms with Crippen LogP contribution in [0.15, 0.2) is 0 Å². The molecular formula is C10H22N2O. The summed E-state index contributed by atoms with van der Waals surface area (Å²) in [6.45, 7) is 4.28. The van der Waals surface area contributed by atoms with Crippen LogP contribution in [-0.2, 0) is 4.74 Å². The summed E-state index contributed by atoms with van der Waals surface area (Å²) < 4.78 is 5.03. The van der Waals surface area contributed by atoms with Crippen molar-refractivity contribution in [2.75, 3.05) is 40.4 Å². The predicted octanol–water partition coefficient (Wildman–Crippen LogP) is 0.707. The highest BCUT2D eigenvalue weighted by Gasteiger charge is 2.13. The monoisotopic (exact) mass is 186 g/mol. The number of nitrogens with zero attached hydrogens (tertiary/aromatic N) is 1. The molecule has 1 rings (SSSR count). The van der Waals surface area contributed by atoms with Gasteiger partial charge in [0.2, 0.25) is 0 Å². The van der Waals surface area contributed by atoms with Crippen molar-refractivity contribution in [3.05, 3.63) is 0 Å². The van der Waals surface area contributed by atoms with Crippen molar-refractivity contribution in [1.82, 2.24) is 10.2 Å². The van der Waals surface area contributed by atoms with Crippen LogP contribution in [0.1, 0.15) is 19.3 Å². The Morgan fingerprint density at radius 2 is 2.31 bits per heavy atom. The predicted molar refractivity (Wildman–Crippen MR) is 55.0 cm³/mol. The molecule has 13 heavy (non-hydrogen) atoms. The zero-order valence-corrected chi connectivity index (χ0v) is 8.88. The maximum Gasteiger partial charge on any atom is 0.0589 e. The van der Waals surface area contributed by atoms with Crippen molar-refractivity contribution in [2.24, 2.45) is 0 Å². The molecule has 1 atom stereocenters. The number of likely N-dealkylation sites (N-methyl/N-ethyl adjacent to an activating group) is 1. The van der Waals surface area contributed by atoms with E-state index in [1.807, 2.05) is 0 Å². The summed E-state index contributed by atoms with van der Waals surface area (Å²) in [5, 5.41) is 3.51. The molecule has 0 aromatic rings. The van der Waals surface area contributed by atoms with E-state index in [0.717, 1.165) is 19.2 Å². The molecule has 0 aromatic heterocycles. The first-order valence-corrected chi connectivity index (χ1v) is 5.24. The van der Waals surface area contributed by atoms with Gasteiger partial charge in [-0.2, -0.15) is 0 Å². The smallest absolute Gasteiger partial charge is 0.0589 e. The molecule has 0 bridgehead atoms. The van der Waals surface area contributed by atoms with Crippen LogP contribution in [0, 0.1) is 0 Å².